The average molecular weight is 311 g/mol. The lowest BCUT2D eigenvalue weighted by molar-refractivity contribution is 0.103. The number of aliphatic hydroxyl groups excluding tert-OH is 1. The highest BCUT2D eigenvalue weighted by Crippen LogP contribution is 2.37. The number of hydrogen-bond acceptors (Lipinski definition) is 3. The maximum Gasteiger partial charge on any atom is 0.191 e. The lowest BCUT2D eigenvalue weighted by atomic mass is 9.98. The van der Waals surface area contributed by atoms with Crippen LogP contribution in [0.2, 0.25) is 18.1 Å². The molecule has 1 aromatic rings. The molecule has 0 radical (unpaired) electrons. The normalized spacial score (nSPS) is 15.8. The molecule has 0 saturated carbocycles. The van der Waals surface area contributed by atoms with Crippen molar-refractivity contribution in [3.8, 4) is 0 Å². The van der Waals surface area contributed by atoms with Crippen molar-refractivity contribution in [2.75, 3.05) is 6.61 Å². The van der Waals surface area contributed by atoms with E-state index >= 15 is 0 Å². The Morgan fingerprint density at radius 1 is 1.48 bits per heavy atom. The highest BCUT2D eigenvalue weighted by Gasteiger charge is 2.38. The maximum absolute atomic E-state index is 10.2. The van der Waals surface area contributed by atoms with E-state index in [-0.39, 0.29) is 11.0 Å². The van der Waals surface area contributed by atoms with Crippen molar-refractivity contribution >= 4 is 8.32 Å². The van der Waals surface area contributed by atoms with E-state index in [9.17, 15) is 5.11 Å². The van der Waals surface area contributed by atoms with Crippen LogP contribution >= 0.6 is 0 Å². The highest BCUT2D eigenvalue weighted by atomic mass is 28.4. The largest absolute Gasteiger partial charge is 0.416 e. The number of aromatic nitrogens is 2. The van der Waals surface area contributed by atoms with Gasteiger partial charge in [-0.2, -0.15) is 0 Å². The molecule has 1 heterocycles. The molecule has 0 saturated heterocycles. The molecule has 0 aliphatic heterocycles. The molecular formula is C16H30N2O2Si. The van der Waals surface area contributed by atoms with Crippen LogP contribution in [-0.2, 0) is 17.9 Å². The van der Waals surface area contributed by atoms with Crippen LogP contribution in [0.4, 0.5) is 0 Å². The van der Waals surface area contributed by atoms with Crippen LogP contribution in [0.5, 0.6) is 0 Å². The van der Waals surface area contributed by atoms with Gasteiger partial charge in [-0.1, -0.05) is 26.8 Å². The van der Waals surface area contributed by atoms with Crippen molar-refractivity contribution in [1.82, 2.24) is 9.55 Å². The Bertz CT molecular complexity index is 463. The predicted molar refractivity (Wildman–Crippen MR) is 89.8 cm³/mol. The van der Waals surface area contributed by atoms with Crippen molar-refractivity contribution < 1.29 is 9.53 Å². The lowest BCUT2D eigenvalue weighted by Crippen LogP contribution is -2.43. The third-order valence-corrected chi connectivity index (χ3v) is 9.08. The SMILES string of the molecule is C=CC(O)C(CO[Si](C)(C)C(C)(C)C)Cc1cncn1C. The van der Waals surface area contributed by atoms with Crippen molar-refractivity contribution in [3.05, 3.63) is 30.9 Å². The van der Waals surface area contributed by atoms with Gasteiger partial charge in [0.1, 0.15) is 0 Å². The summed E-state index contributed by atoms with van der Waals surface area (Å²) < 4.78 is 8.25. The van der Waals surface area contributed by atoms with Crippen LogP contribution in [-0.4, -0.2) is 35.7 Å². The molecular weight excluding hydrogens is 280 g/mol. The topological polar surface area (TPSA) is 47.3 Å². The van der Waals surface area contributed by atoms with Crippen molar-refractivity contribution in [2.24, 2.45) is 13.0 Å². The number of rotatable bonds is 7. The minimum absolute atomic E-state index is 0.00650. The van der Waals surface area contributed by atoms with Gasteiger partial charge < -0.3 is 14.1 Å². The molecule has 5 heteroatoms. The summed E-state index contributed by atoms with van der Waals surface area (Å²) in [5.41, 5.74) is 1.10. The van der Waals surface area contributed by atoms with E-state index in [1.165, 1.54) is 0 Å². The van der Waals surface area contributed by atoms with Crippen LogP contribution in [0.3, 0.4) is 0 Å². The van der Waals surface area contributed by atoms with Crippen molar-refractivity contribution in [3.63, 3.8) is 0 Å². The van der Waals surface area contributed by atoms with E-state index in [2.05, 4.69) is 45.4 Å². The summed E-state index contributed by atoms with van der Waals surface area (Å²) in [6, 6.07) is 0. The van der Waals surface area contributed by atoms with Gasteiger partial charge in [-0.05, 0) is 24.6 Å². The Labute approximate surface area is 130 Å². The molecule has 21 heavy (non-hydrogen) atoms. The average Bonchev–Trinajstić information content (AvgIpc) is 2.77. The van der Waals surface area contributed by atoms with Gasteiger partial charge in [0, 0.05) is 31.5 Å². The lowest BCUT2D eigenvalue weighted by Gasteiger charge is -2.37. The first kappa shape index (κ1) is 18.1. The first-order valence-electron chi connectivity index (χ1n) is 7.48. The number of aliphatic hydroxyl groups is 1. The number of imidazole rings is 1. The van der Waals surface area contributed by atoms with Gasteiger partial charge in [-0.15, -0.1) is 6.58 Å². The first-order chi connectivity index (χ1) is 9.58. The fourth-order valence-corrected chi connectivity index (χ4v) is 2.92. The summed E-state index contributed by atoms with van der Waals surface area (Å²) in [7, 11) is 0.158. The van der Waals surface area contributed by atoms with Crippen LogP contribution in [0.15, 0.2) is 25.2 Å². The highest BCUT2D eigenvalue weighted by molar-refractivity contribution is 6.74. The monoisotopic (exact) mass is 310 g/mol. The molecule has 0 aromatic carbocycles. The zero-order chi connectivity index (χ0) is 16.3. The second-order valence-electron chi connectivity index (χ2n) is 7.26. The Kier molecular flexibility index (Phi) is 5.96. The Balaban J connectivity index is 2.76. The third-order valence-electron chi connectivity index (χ3n) is 4.58. The van der Waals surface area contributed by atoms with Gasteiger partial charge in [0.05, 0.1) is 12.4 Å². The minimum Gasteiger partial charge on any atom is -0.416 e. The molecule has 120 valence electrons. The molecule has 0 aliphatic rings. The second-order valence-corrected chi connectivity index (χ2v) is 12.1. The quantitative estimate of drug-likeness (QED) is 0.621. The molecule has 0 spiro atoms. The molecule has 0 aliphatic carbocycles. The van der Waals surface area contributed by atoms with E-state index in [0.717, 1.165) is 12.1 Å². The van der Waals surface area contributed by atoms with Gasteiger partial charge in [0.25, 0.3) is 0 Å². The molecule has 1 aromatic heterocycles. The first-order valence-corrected chi connectivity index (χ1v) is 10.4. The van der Waals surface area contributed by atoms with Crippen LogP contribution in [0, 0.1) is 5.92 Å². The molecule has 2 unspecified atom stereocenters. The Morgan fingerprint density at radius 2 is 2.10 bits per heavy atom. The molecule has 0 fully saturated rings. The predicted octanol–water partition coefficient (Wildman–Crippen LogP) is 3.15. The smallest absolute Gasteiger partial charge is 0.191 e. The van der Waals surface area contributed by atoms with Gasteiger partial charge in [-0.25, -0.2) is 4.98 Å². The van der Waals surface area contributed by atoms with Gasteiger partial charge in [0.2, 0.25) is 0 Å². The fourth-order valence-electron chi connectivity index (χ4n) is 1.85. The Hall–Kier alpha value is -0.913. The van der Waals surface area contributed by atoms with E-state index in [1.54, 1.807) is 12.4 Å². The standard InChI is InChI=1S/C16H30N2O2Si/c1-8-15(19)13(9-14-10-17-12-18(14)5)11-20-21(6,7)16(2,3)4/h8,10,12-13,15,19H,1,9,11H2,2-7H3. The molecule has 4 nitrogen and oxygen atoms in total. The maximum atomic E-state index is 10.2. The summed E-state index contributed by atoms with van der Waals surface area (Å²) in [5.74, 6) is 0.00650. The molecule has 1 N–H and O–H groups in total. The zero-order valence-electron chi connectivity index (χ0n) is 14.3. The molecule has 0 amide bonds. The minimum atomic E-state index is -1.81. The molecule has 2 atom stereocenters. The Morgan fingerprint density at radius 3 is 2.52 bits per heavy atom. The summed E-state index contributed by atoms with van der Waals surface area (Å²) >= 11 is 0. The second kappa shape index (κ2) is 6.90. The van der Waals surface area contributed by atoms with E-state index in [4.69, 9.17) is 4.43 Å². The van der Waals surface area contributed by atoms with Crippen molar-refractivity contribution in [1.29, 1.82) is 0 Å². The van der Waals surface area contributed by atoms with E-state index in [1.807, 2.05) is 17.8 Å². The molecule has 0 bridgehead atoms. The van der Waals surface area contributed by atoms with Gasteiger partial charge >= 0.3 is 0 Å². The van der Waals surface area contributed by atoms with Crippen LogP contribution in [0.1, 0.15) is 26.5 Å². The number of aryl methyl sites for hydroxylation is 1. The number of hydrogen-bond donors (Lipinski definition) is 1. The third kappa shape index (κ3) is 4.80. The van der Waals surface area contributed by atoms with Crippen molar-refractivity contribution in [2.45, 2.75) is 51.4 Å². The van der Waals surface area contributed by atoms with E-state index < -0.39 is 14.4 Å². The van der Waals surface area contributed by atoms with Crippen LogP contribution in [0.25, 0.3) is 0 Å². The van der Waals surface area contributed by atoms with Gasteiger partial charge in [-0.3, -0.25) is 0 Å². The number of nitrogens with zero attached hydrogens (tertiary/aromatic N) is 2. The zero-order valence-corrected chi connectivity index (χ0v) is 15.3. The molecule has 1 rings (SSSR count). The summed E-state index contributed by atoms with van der Waals surface area (Å²) in [6.07, 6.45) is 5.38. The summed E-state index contributed by atoms with van der Waals surface area (Å²) in [6.45, 7) is 15.4. The van der Waals surface area contributed by atoms with Gasteiger partial charge in [0.15, 0.2) is 8.32 Å². The summed E-state index contributed by atoms with van der Waals surface area (Å²) in [4.78, 5) is 4.13. The fraction of sp³-hybridized carbons (Fsp3) is 0.688. The summed E-state index contributed by atoms with van der Waals surface area (Å²) in [5, 5.41) is 10.4. The van der Waals surface area contributed by atoms with Crippen LogP contribution < -0.4 is 0 Å². The van der Waals surface area contributed by atoms with E-state index in [0.29, 0.717) is 6.61 Å².